The maximum atomic E-state index is 5.45. The van der Waals surface area contributed by atoms with E-state index in [9.17, 15) is 0 Å². The van der Waals surface area contributed by atoms with Crippen LogP contribution >= 0.6 is 0 Å². The first-order valence-corrected chi connectivity index (χ1v) is 6.85. The number of rotatable bonds is 2. The Labute approximate surface area is 118 Å². The fraction of sp³-hybridized carbons (Fsp3) is 0.333. The van der Waals surface area contributed by atoms with Crippen molar-refractivity contribution in [3.8, 4) is 0 Å². The van der Waals surface area contributed by atoms with E-state index in [0.29, 0.717) is 11.9 Å². The van der Waals surface area contributed by atoms with Crippen LogP contribution in [0.15, 0.2) is 30.3 Å². The number of nitrogens with zero attached hydrogens (tertiary/aromatic N) is 3. The quantitative estimate of drug-likeness (QED) is 0.647. The van der Waals surface area contributed by atoms with Gasteiger partial charge in [-0.2, -0.15) is 4.98 Å². The smallest absolute Gasteiger partial charge is 0.239 e. The monoisotopic (exact) mass is 269 g/mol. The minimum Gasteiger partial charge on any atom is -0.326 e. The standard InChI is InChI=1S/C15H19N5/c1-10-7-12-5-3-4-6-13(12)20(9-10)14-8-11(2)17-15(18-14)19-16/h3-6,8,10H,7,9,16H2,1-2H3,(H,17,18,19). The molecule has 0 bridgehead atoms. The minimum absolute atomic E-state index is 0.454. The van der Waals surface area contributed by atoms with E-state index in [1.165, 1.54) is 11.3 Å². The van der Waals surface area contributed by atoms with E-state index in [2.05, 4.69) is 51.5 Å². The highest BCUT2D eigenvalue weighted by Crippen LogP contribution is 2.34. The molecule has 0 amide bonds. The molecule has 5 nitrogen and oxygen atoms in total. The molecule has 1 unspecified atom stereocenters. The van der Waals surface area contributed by atoms with E-state index in [-0.39, 0.29) is 0 Å². The first kappa shape index (κ1) is 12.9. The van der Waals surface area contributed by atoms with Gasteiger partial charge in [-0.05, 0) is 30.9 Å². The van der Waals surface area contributed by atoms with Crippen molar-refractivity contribution in [2.45, 2.75) is 20.3 Å². The van der Waals surface area contributed by atoms with Crippen molar-refractivity contribution in [3.05, 3.63) is 41.6 Å². The minimum atomic E-state index is 0.454. The summed E-state index contributed by atoms with van der Waals surface area (Å²) in [5.41, 5.74) is 6.03. The van der Waals surface area contributed by atoms with E-state index < -0.39 is 0 Å². The molecular formula is C15H19N5. The highest BCUT2D eigenvalue weighted by molar-refractivity contribution is 5.66. The van der Waals surface area contributed by atoms with Crippen LogP contribution in [0.3, 0.4) is 0 Å². The van der Waals surface area contributed by atoms with Crippen molar-refractivity contribution in [2.24, 2.45) is 11.8 Å². The van der Waals surface area contributed by atoms with Crippen molar-refractivity contribution in [1.29, 1.82) is 0 Å². The number of aromatic nitrogens is 2. The second kappa shape index (κ2) is 5.09. The number of fused-ring (bicyclic) bond motifs is 1. The number of hydrogen-bond donors (Lipinski definition) is 2. The van der Waals surface area contributed by atoms with Crippen LogP contribution < -0.4 is 16.2 Å². The molecule has 0 fully saturated rings. The van der Waals surface area contributed by atoms with Crippen molar-refractivity contribution >= 4 is 17.5 Å². The molecule has 0 spiro atoms. The number of nitrogens with two attached hydrogens (primary N) is 1. The second-order valence-electron chi connectivity index (χ2n) is 5.38. The molecule has 0 saturated carbocycles. The summed E-state index contributed by atoms with van der Waals surface area (Å²) in [5.74, 6) is 7.39. The van der Waals surface area contributed by atoms with Gasteiger partial charge in [0.05, 0.1) is 0 Å². The Kier molecular flexibility index (Phi) is 3.28. The summed E-state index contributed by atoms with van der Waals surface area (Å²) >= 11 is 0. The van der Waals surface area contributed by atoms with Crippen LogP contribution in [-0.2, 0) is 6.42 Å². The van der Waals surface area contributed by atoms with Crippen LogP contribution in [0, 0.1) is 12.8 Å². The third kappa shape index (κ3) is 2.32. The summed E-state index contributed by atoms with van der Waals surface area (Å²) in [4.78, 5) is 11.0. The third-order valence-electron chi connectivity index (χ3n) is 3.59. The van der Waals surface area contributed by atoms with Gasteiger partial charge in [-0.25, -0.2) is 10.8 Å². The molecule has 3 N–H and O–H groups in total. The van der Waals surface area contributed by atoms with E-state index in [4.69, 9.17) is 5.84 Å². The lowest BCUT2D eigenvalue weighted by molar-refractivity contribution is 0.560. The lowest BCUT2D eigenvalue weighted by Gasteiger charge is -2.34. The molecule has 104 valence electrons. The summed E-state index contributed by atoms with van der Waals surface area (Å²) in [6, 6.07) is 10.5. The van der Waals surface area contributed by atoms with Gasteiger partial charge in [0.2, 0.25) is 5.95 Å². The largest absolute Gasteiger partial charge is 0.326 e. The summed E-state index contributed by atoms with van der Waals surface area (Å²) in [7, 11) is 0. The van der Waals surface area contributed by atoms with Gasteiger partial charge >= 0.3 is 0 Å². The molecule has 1 atom stereocenters. The molecule has 2 aromatic rings. The fourth-order valence-corrected chi connectivity index (χ4v) is 2.77. The zero-order chi connectivity index (χ0) is 14.1. The zero-order valence-electron chi connectivity index (χ0n) is 11.8. The first-order chi connectivity index (χ1) is 9.67. The van der Waals surface area contributed by atoms with E-state index in [0.717, 1.165) is 24.5 Å². The van der Waals surface area contributed by atoms with Crippen LogP contribution in [0.5, 0.6) is 0 Å². The Bertz CT molecular complexity index is 625. The molecule has 1 aliphatic heterocycles. The summed E-state index contributed by atoms with van der Waals surface area (Å²) in [6.45, 7) is 5.17. The normalized spacial score (nSPS) is 17.8. The van der Waals surface area contributed by atoms with Crippen molar-refractivity contribution in [2.75, 3.05) is 16.9 Å². The topological polar surface area (TPSA) is 67.1 Å². The molecule has 0 aliphatic carbocycles. The maximum Gasteiger partial charge on any atom is 0.239 e. The lowest BCUT2D eigenvalue weighted by Crippen LogP contribution is -2.31. The lowest BCUT2D eigenvalue weighted by atomic mass is 9.94. The molecule has 5 heteroatoms. The highest BCUT2D eigenvalue weighted by atomic mass is 15.3. The van der Waals surface area contributed by atoms with Gasteiger partial charge < -0.3 is 4.90 Å². The van der Waals surface area contributed by atoms with Gasteiger partial charge in [0.1, 0.15) is 5.82 Å². The molecule has 0 saturated heterocycles. The van der Waals surface area contributed by atoms with Gasteiger partial charge in [0, 0.05) is 24.0 Å². The predicted molar refractivity (Wildman–Crippen MR) is 80.9 cm³/mol. The Morgan fingerprint density at radius 2 is 2.10 bits per heavy atom. The van der Waals surface area contributed by atoms with Crippen molar-refractivity contribution in [3.63, 3.8) is 0 Å². The van der Waals surface area contributed by atoms with Crippen LogP contribution in [-0.4, -0.2) is 16.5 Å². The molecular weight excluding hydrogens is 250 g/mol. The Morgan fingerprint density at radius 3 is 2.90 bits per heavy atom. The molecule has 2 heterocycles. The molecule has 1 aliphatic rings. The van der Waals surface area contributed by atoms with Crippen molar-refractivity contribution in [1.82, 2.24) is 9.97 Å². The maximum absolute atomic E-state index is 5.45. The van der Waals surface area contributed by atoms with Crippen molar-refractivity contribution < 1.29 is 0 Å². The number of hydrogen-bond acceptors (Lipinski definition) is 5. The molecule has 1 aromatic heterocycles. The average molecular weight is 269 g/mol. The predicted octanol–water partition coefficient (Wildman–Crippen LogP) is 2.40. The molecule has 20 heavy (non-hydrogen) atoms. The van der Waals surface area contributed by atoms with Crippen LogP contribution in [0.1, 0.15) is 18.2 Å². The number of benzene rings is 1. The van der Waals surface area contributed by atoms with Gasteiger partial charge in [-0.1, -0.05) is 25.1 Å². The third-order valence-corrected chi connectivity index (χ3v) is 3.59. The molecule has 1 aromatic carbocycles. The Morgan fingerprint density at radius 1 is 1.30 bits per heavy atom. The van der Waals surface area contributed by atoms with Gasteiger partial charge in [-0.15, -0.1) is 0 Å². The first-order valence-electron chi connectivity index (χ1n) is 6.85. The number of aryl methyl sites for hydroxylation is 1. The fourth-order valence-electron chi connectivity index (χ4n) is 2.77. The van der Waals surface area contributed by atoms with E-state index in [1.807, 2.05) is 13.0 Å². The highest BCUT2D eigenvalue weighted by Gasteiger charge is 2.23. The molecule has 0 radical (unpaired) electrons. The number of nitrogens with one attached hydrogen (secondary N) is 1. The van der Waals surface area contributed by atoms with Crippen LogP contribution in [0.2, 0.25) is 0 Å². The number of nitrogen functional groups attached to an aromatic ring is 1. The van der Waals surface area contributed by atoms with Gasteiger partial charge in [0.15, 0.2) is 0 Å². The van der Waals surface area contributed by atoms with Crippen LogP contribution in [0.4, 0.5) is 17.5 Å². The van der Waals surface area contributed by atoms with Gasteiger partial charge in [0.25, 0.3) is 0 Å². The zero-order valence-corrected chi connectivity index (χ0v) is 11.8. The summed E-state index contributed by atoms with van der Waals surface area (Å²) in [5, 5.41) is 0. The summed E-state index contributed by atoms with van der Waals surface area (Å²) in [6.07, 6.45) is 1.11. The number of hydrazine groups is 1. The van der Waals surface area contributed by atoms with Gasteiger partial charge in [-0.3, -0.25) is 5.43 Å². The Hall–Kier alpha value is -2.14. The Balaban J connectivity index is 2.08. The summed E-state index contributed by atoms with van der Waals surface area (Å²) < 4.78 is 0. The van der Waals surface area contributed by atoms with E-state index >= 15 is 0 Å². The SMILES string of the molecule is Cc1cc(N2CC(C)Cc3ccccc32)nc(NN)n1. The second-order valence-corrected chi connectivity index (χ2v) is 5.38. The average Bonchev–Trinajstić information content (AvgIpc) is 2.45. The van der Waals surface area contributed by atoms with E-state index in [1.54, 1.807) is 0 Å². The number of para-hydroxylation sites is 1. The number of anilines is 3. The van der Waals surface area contributed by atoms with Crippen LogP contribution in [0.25, 0.3) is 0 Å². The molecule has 3 rings (SSSR count).